The van der Waals surface area contributed by atoms with E-state index in [1.165, 1.54) is 0 Å². The number of halogens is 1. The fourth-order valence-corrected chi connectivity index (χ4v) is 6.94. The fraction of sp³-hybridized carbons (Fsp3) is 0.184. The van der Waals surface area contributed by atoms with Gasteiger partial charge in [0.05, 0.1) is 17.1 Å². The highest BCUT2D eigenvalue weighted by atomic mass is 35.5. The monoisotopic (exact) mass is 599 g/mol. The summed E-state index contributed by atoms with van der Waals surface area (Å²) < 4.78 is 0. The van der Waals surface area contributed by atoms with Crippen LogP contribution in [0.4, 0.5) is 5.69 Å². The number of ketones is 1. The summed E-state index contributed by atoms with van der Waals surface area (Å²) in [5.41, 5.74) is 5.14. The highest BCUT2D eigenvalue weighted by Gasteiger charge is 2.50. The first kappa shape index (κ1) is 29.5. The van der Waals surface area contributed by atoms with E-state index in [2.05, 4.69) is 107 Å². The van der Waals surface area contributed by atoms with Gasteiger partial charge in [-0.3, -0.25) is 19.5 Å². The average molecular weight is 600 g/mol. The minimum Gasteiger partial charge on any atom is -0.346 e. The lowest BCUT2D eigenvalue weighted by molar-refractivity contribution is -0.131. The number of hydrogen-bond donors (Lipinski definition) is 0. The van der Waals surface area contributed by atoms with Crippen LogP contribution in [0.25, 0.3) is 0 Å². The Morgan fingerprint density at radius 2 is 1.32 bits per heavy atom. The maximum absolute atomic E-state index is 13.2. The molecule has 0 aliphatic carbocycles. The Morgan fingerprint density at radius 1 is 0.818 bits per heavy atom. The van der Waals surface area contributed by atoms with Crippen molar-refractivity contribution in [3.8, 4) is 0 Å². The highest BCUT2D eigenvalue weighted by molar-refractivity contribution is 6.31. The van der Waals surface area contributed by atoms with Gasteiger partial charge in [-0.05, 0) is 59.9 Å². The lowest BCUT2D eigenvalue weighted by Gasteiger charge is -2.37. The van der Waals surface area contributed by atoms with E-state index < -0.39 is 22.8 Å². The first-order valence-electron chi connectivity index (χ1n) is 14.7. The Hall–Kier alpha value is -4.58. The molecule has 1 saturated heterocycles. The molecule has 1 unspecified atom stereocenters. The van der Waals surface area contributed by atoms with Crippen LogP contribution in [-0.2, 0) is 21.5 Å². The van der Waals surface area contributed by atoms with Crippen molar-refractivity contribution >= 4 is 29.4 Å². The fourth-order valence-electron chi connectivity index (χ4n) is 6.76. The van der Waals surface area contributed by atoms with Gasteiger partial charge in [0.2, 0.25) is 5.78 Å². The molecule has 1 aromatic heterocycles. The molecule has 0 radical (unpaired) electrons. The van der Waals surface area contributed by atoms with Gasteiger partial charge >= 0.3 is 0 Å². The number of anilines is 1. The Bertz CT molecular complexity index is 1650. The topological polar surface area (TPSA) is 53.5 Å². The van der Waals surface area contributed by atoms with Gasteiger partial charge in [0.1, 0.15) is 6.04 Å². The van der Waals surface area contributed by atoms with E-state index in [-0.39, 0.29) is 0 Å². The number of carbonyl (C=O) groups is 2. The standard InChI is InChI=1S/C38H34ClN3O2/c1-37(2)36(35(44)26-43)42(27-41(37)25-28-22-23-40-24-34(28)39)33-20-18-32(19-21-33)38(29-12-6-3-7-13-29,30-14-8-4-9-15-30)31-16-10-5-11-17-31/h3-24,26,36H,25,27H2,1-2H3. The molecule has 1 atom stereocenters. The predicted molar refractivity (Wildman–Crippen MR) is 176 cm³/mol. The zero-order chi connectivity index (χ0) is 30.7. The number of benzene rings is 4. The summed E-state index contributed by atoms with van der Waals surface area (Å²) in [6.45, 7) is 4.99. The van der Waals surface area contributed by atoms with Crippen LogP contribution in [0.5, 0.6) is 0 Å². The largest absolute Gasteiger partial charge is 0.346 e. The van der Waals surface area contributed by atoms with Crippen LogP contribution in [0.15, 0.2) is 134 Å². The van der Waals surface area contributed by atoms with E-state index in [1.54, 1.807) is 12.4 Å². The predicted octanol–water partition coefficient (Wildman–Crippen LogP) is 7.31. The van der Waals surface area contributed by atoms with Gasteiger partial charge in [0, 0.05) is 30.2 Å². The first-order valence-corrected chi connectivity index (χ1v) is 15.1. The molecular formula is C38H34ClN3O2. The van der Waals surface area contributed by atoms with Crippen LogP contribution in [0.3, 0.4) is 0 Å². The van der Waals surface area contributed by atoms with Gasteiger partial charge < -0.3 is 4.90 Å². The minimum atomic E-state index is -0.659. The second kappa shape index (κ2) is 12.2. The van der Waals surface area contributed by atoms with E-state index in [1.807, 2.05) is 43.0 Å². The molecule has 2 heterocycles. The Kier molecular flexibility index (Phi) is 8.17. The maximum atomic E-state index is 13.2. The van der Waals surface area contributed by atoms with Crippen molar-refractivity contribution < 1.29 is 9.59 Å². The van der Waals surface area contributed by atoms with E-state index in [0.29, 0.717) is 24.5 Å². The molecule has 6 rings (SSSR count). The minimum absolute atomic E-state index is 0.446. The molecule has 0 N–H and O–H groups in total. The van der Waals surface area contributed by atoms with Crippen LogP contribution in [-0.4, -0.2) is 40.2 Å². The molecule has 0 bridgehead atoms. The summed E-state index contributed by atoms with van der Waals surface area (Å²) in [5, 5.41) is 0.573. The molecule has 6 heteroatoms. The van der Waals surface area contributed by atoms with E-state index in [0.717, 1.165) is 33.5 Å². The normalized spacial score (nSPS) is 16.5. The molecule has 1 aliphatic rings. The van der Waals surface area contributed by atoms with Gasteiger partial charge in [0.15, 0.2) is 6.29 Å². The number of hydrogen-bond acceptors (Lipinski definition) is 5. The third-order valence-corrected chi connectivity index (χ3v) is 9.31. The summed E-state index contributed by atoms with van der Waals surface area (Å²) in [7, 11) is 0. The number of nitrogens with zero attached hydrogens (tertiary/aromatic N) is 3. The van der Waals surface area contributed by atoms with Crippen LogP contribution in [0, 0.1) is 0 Å². The second-order valence-corrected chi connectivity index (χ2v) is 12.2. The van der Waals surface area contributed by atoms with Crippen molar-refractivity contribution in [2.75, 3.05) is 11.6 Å². The number of aldehydes is 1. The summed E-state index contributed by atoms with van der Waals surface area (Å²) in [6.07, 6.45) is 3.79. The maximum Gasteiger partial charge on any atom is 0.219 e. The summed E-state index contributed by atoms with van der Waals surface area (Å²) in [5.74, 6) is -0.449. The van der Waals surface area contributed by atoms with Crippen molar-refractivity contribution in [1.29, 1.82) is 0 Å². The molecular weight excluding hydrogens is 566 g/mol. The quantitative estimate of drug-likeness (QED) is 0.101. The molecule has 1 aliphatic heterocycles. The second-order valence-electron chi connectivity index (χ2n) is 11.7. The first-order chi connectivity index (χ1) is 21.4. The van der Waals surface area contributed by atoms with Crippen LogP contribution < -0.4 is 4.90 Å². The van der Waals surface area contributed by atoms with Crippen LogP contribution in [0.1, 0.15) is 41.7 Å². The van der Waals surface area contributed by atoms with Crippen molar-refractivity contribution in [3.63, 3.8) is 0 Å². The third kappa shape index (κ3) is 5.12. The number of pyridine rings is 1. The van der Waals surface area contributed by atoms with Gasteiger partial charge in [-0.2, -0.15) is 0 Å². The van der Waals surface area contributed by atoms with Crippen molar-refractivity contribution in [2.45, 2.75) is 37.4 Å². The molecule has 0 saturated carbocycles. The van der Waals surface area contributed by atoms with Crippen LogP contribution in [0.2, 0.25) is 5.02 Å². The summed E-state index contributed by atoms with van der Waals surface area (Å²) in [4.78, 5) is 33.4. The Morgan fingerprint density at radius 3 is 1.80 bits per heavy atom. The SMILES string of the molecule is CC1(C)C(C(=O)C=O)N(c2ccc(C(c3ccccc3)(c3ccccc3)c3ccccc3)cc2)CN1Cc1ccncc1Cl. The van der Waals surface area contributed by atoms with Gasteiger partial charge in [-0.25, -0.2) is 0 Å². The molecule has 5 nitrogen and oxygen atoms in total. The molecule has 5 aromatic rings. The summed E-state index contributed by atoms with van der Waals surface area (Å²) in [6, 6.07) is 41.3. The summed E-state index contributed by atoms with van der Waals surface area (Å²) >= 11 is 6.46. The zero-order valence-electron chi connectivity index (χ0n) is 24.8. The third-order valence-electron chi connectivity index (χ3n) is 8.97. The Labute approximate surface area is 263 Å². The molecule has 44 heavy (non-hydrogen) atoms. The van der Waals surface area contributed by atoms with Gasteiger partial charge in [-0.1, -0.05) is 115 Å². The van der Waals surface area contributed by atoms with Gasteiger partial charge in [0.25, 0.3) is 0 Å². The average Bonchev–Trinajstić information content (AvgIpc) is 3.33. The van der Waals surface area contributed by atoms with Crippen LogP contribution >= 0.6 is 11.6 Å². The number of aromatic nitrogens is 1. The number of Topliss-reactive ketones (excluding diaryl/α,β-unsaturated/α-hetero) is 1. The lowest BCUT2D eigenvalue weighted by atomic mass is 9.65. The smallest absolute Gasteiger partial charge is 0.219 e. The molecule has 0 spiro atoms. The number of carbonyl (C=O) groups excluding carboxylic acids is 2. The highest BCUT2D eigenvalue weighted by Crippen LogP contribution is 2.46. The van der Waals surface area contributed by atoms with E-state index in [9.17, 15) is 9.59 Å². The molecule has 220 valence electrons. The van der Waals surface area contributed by atoms with Crippen molar-refractivity contribution in [3.05, 3.63) is 167 Å². The number of rotatable bonds is 9. The molecule has 0 amide bonds. The lowest BCUT2D eigenvalue weighted by Crippen LogP contribution is -2.51. The Balaban J connectivity index is 1.46. The van der Waals surface area contributed by atoms with Gasteiger partial charge in [-0.15, -0.1) is 0 Å². The van der Waals surface area contributed by atoms with E-state index >= 15 is 0 Å². The zero-order valence-corrected chi connectivity index (χ0v) is 25.6. The van der Waals surface area contributed by atoms with E-state index in [4.69, 9.17) is 11.6 Å². The molecule has 4 aromatic carbocycles. The van der Waals surface area contributed by atoms with Crippen molar-refractivity contribution in [1.82, 2.24) is 9.88 Å². The van der Waals surface area contributed by atoms with Crippen molar-refractivity contribution in [2.24, 2.45) is 0 Å². The molecule has 1 fully saturated rings.